The largest absolute Gasteiger partial charge is 0.366 e. The molecule has 1 amide bonds. The van der Waals surface area contributed by atoms with Gasteiger partial charge in [-0.1, -0.05) is 12.1 Å². The van der Waals surface area contributed by atoms with E-state index in [2.05, 4.69) is 0 Å². The summed E-state index contributed by atoms with van der Waals surface area (Å²) in [5, 5.41) is 0. The fourth-order valence-electron chi connectivity index (χ4n) is 1.65. The van der Waals surface area contributed by atoms with Crippen molar-refractivity contribution >= 4 is 17.7 Å². The molecule has 0 fully saturated rings. The van der Waals surface area contributed by atoms with Crippen LogP contribution in [0.25, 0.3) is 0 Å². The summed E-state index contributed by atoms with van der Waals surface area (Å²) in [6.07, 6.45) is 0.958. The van der Waals surface area contributed by atoms with Crippen molar-refractivity contribution in [2.75, 3.05) is 5.75 Å². The molecule has 1 atom stereocenters. The Labute approximate surface area is 86.8 Å². The zero-order valence-electron chi connectivity index (χ0n) is 7.69. The number of hydrogen-bond acceptors (Lipinski definition) is 3. The van der Waals surface area contributed by atoms with Gasteiger partial charge in [-0.25, -0.2) is 0 Å². The molecule has 1 aliphatic rings. The molecule has 74 valence electrons. The number of hydrogen-bond donors (Lipinski definition) is 2. The maximum Gasteiger partial charge on any atom is 0.249 e. The van der Waals surface area contributed by atoms with Crippen molar-refractivity contribution in [2.45, 2.75) is 17.4 Å². The summed E-state index contributed by atoms with van der Waals surface area (Å²) in [6.45, 7) is 0. The minimum atomic E-state index is -0.372. The van der Waals surface area contributed by atoms with Gasteiger partial charge in [0.1, 0.15) is 0 Å². The van der Waals surface area contributed by atoms with Crippen LogP contribution in [0.2, 0.25) is 0 Å². The summed E-state index contributed by atoms with van der Waals surface area (Å²) in [6, 6.07) is 5.61. The van der Waals surface area contributed by atoms with E-state index in [0.717, 1.165) is 22.6 Å². The predicted octanol–water partition coefficient (Wildman–Crippen LogP) is 1.28. The molecule has 4 heteroatoms. The number of carbonyl (C=O) groups is 1. The van der Waals surface area contributed by atoms with Gasteiger partial charge in [-0.2, -0.15) is 0 Å². The summed E-state index contributed by atoms with van der Waals surface area (Å²) in [7, 11) is 0. The van der Waals surface area contributed by atoms with Crippen molar-refractivity contribution in [1.82, 2.24) is 0 Å². The van der Waals surface area contributed by atoms with E-state index in [0.29, 0.717) is 5.56 Å². The third-order valence-electron chi connectivity index (χ3n) is 2.39. The molecule has 1 aromatic rings. The molecule has 1 aromatic carbocycles. The molecular formula is C10H12N2OS. The Bertz CT molecular complexity index is 378. The maximum atomic E-state index is 11.1. The molecule has 4 N–H and O–H groups in total. The molecule has 0 saturated carbocycles. The van der Waals surface area contributed by atoms with Gasteiger partial charge in [-0.3, -0.25) is 4.79 Å². The fourth-order valence-corrected chi connectivity index (χ4v) is 2.93. The van der Waals surface area contributed by atoms with E-state index < -0.39 is 0 Å². The van der Waals surface area contributed by atoms with Gasteiger partial charge < -0.3 is 11.5 Å². The fraction of sp³-hybridized carbons (Fsp3) is 0.300. The van der Waals surface area contributed by atoms with E-state index in [4.69, 9.17) is 11.5 Å². The highest BCUT2D eigenvalue weighted by atomic mass is 32.2. The number of benzene rings is 1. The van der Waals surface area contributed by atoms with E-state index in [9.17, 15) is 4.79 Å². The van der Waals surface area contributed by atoms with Gasteiger partial charge in [0.2, 0.25) is 5.91 Å². The first-order valence-electron chi connectivity index (χ1n) is 4.51. The van der Waals surface area contributed by atoms with Crippen LogP contribution in [0.3, 0.4) is 0 Å². The standard InChI is InChI=1S/C10H12N2OS/c11-8-4-5-14-9-6(8)2-1-3-7(9)10(12)13/h1-3,8H,4-5,11H2,(H2,12,13)/t8-/m1/s1. The summed E-state index contributed by atoms with van der Waals surface area (Å²) in [5.41, 5.74) is 12.9. The normalized spacial score (nSPS) is 20.2. The second-order valence-corrected chi connectivity index (χ2v) is 4.44. The summed E-state index contributed by atoms with van der Waals surface area (Å²) < 4.78 is 0. The van der Waals surface area contributed by atoms with Crippen LogP contribution < -0.4 is 11.5 Å². The van der Waals surface area contributed by atoms with Crippen molar-refractivity contribution in [2.24, 2.45) is 11.5 Å². The number of primary amides is 1. The molecule has 0 aliphatic carbocycles. The number of thioether (sulfide) groups is 1. The first-order chi connectivity index (χ1) is 6.70. The van der Waals surface area contributed by atoms with Crippen molar-refractivity contribution in [3.8, 4) is 0 Å². The molecule has 0 radical (unpaired) electrons. The molecule has 2 rings (SSSR count). The topological polar surface area (TPSA) is 69.1 Å². The van der Waals surface area contributed by atoms with Crippen molar-refractivity contribution in [1.29, 1.82) is 0 Å². The van der Waals surface area contributed by atoms with E-state index in [1.165, 1.54) is 0 Å². The predicted molar refractivity (Wildman–Crippen MR) is 57.2 cm³/mol. The third-order valence-corrected chi connectivity index (χ3v) is 3.57. The molecule has 3 nitrogen and oxygen atoms in total. The molecule has 0 spiro atoms. The lowest BCUT2D eigenvalue weighted by Gasteiger charge is -2.22. The van der Waals surface area contributed by atoms with Crippen LogP contribution in [0, 0.1) is 0 Å². The summed E-state index contributed by atoms with van der Waals surface area (Å²) in [5.74, 6) is 0.585. The second-order valence-electron chi connectivity index (χ2n) is 3.33. The first-order valence-corrected chi connectivity index (χ1v) is 5.50. The van der Waals surface area contributed by atoms with Crippen molar-refractivity contribution in [3.63, 3.8) is 0 Å². The van der Waals surface area contributed by atoms with E-state index in [-0.39, 0.29) is 11.9 Å². The first kappa shape index (κ1) is 9.55. The van der Waals surface area contributed by atoms with Gasteiger partial charge in [0.15, 0.2) is 0 Å². The molecule has 0 saturated heterocycles. The van der Waals surface area contributed by atoms with Gasteiger partial charge in [-0.05, 0) is 23.8 Å². The number of amides is 1. The lowest BCUT2D eigenvalue weighted by atomic mass is 10.0. The minimum Gasteiger partial charge on any atom is -0.366 e. The Morgan fingerprint density at radius 1 is 1.50 bits per heavy atom. The smallest absolute Gasteiger partial charge is 0.249 e. The molecule has 0 aromatic heterocycles. The Kier molecular flexibility index (Phi) is 2.48. The van der Waals surface area contributed by atoms with Crippen LogP contribution >= 0.6 is 11.8 Å². The van der Waals surface area contributed by atoms with E-state index >= 15 is 0 Å². The Balaban J connectivity index is 2.55. The van der Waals surface area contributed by atoms with Crippen LogP contribution in [0.15, 0.2) is 23.1 Å². The van der Waals surface area contributed by atoms with Crippen LogP contribution in [-0.2, 0) is 0 Å². The van der Waals surface area contributed by atoms with Gasteiger partial charge in [0, 0.05) is 10.9 Å². The number of carbonyl (C=O) groups excluding carboxylic acids is 1. The van der Waals surface area contributed by atoms with Gasteiger partial charge in [-0.15, -0.1) is 11.8 Å². The SMILES string of the molecule is NC(=O)c1cccc2c1SCC[C@H]2N. The third kappa shape index (κ3) is 1.51. The average molecular weight is 208 g/mol. The van der Waals surface area contributed by atoms with Gasteiger partial charge in [0.25, 0.3) is 0 Å². The monoisotopic (exact) mass is 208 g/mol. The Hall–Kier alpha value is -1.00. The Morgan fingerprint density at radius 2 is 2.29 bits per heavy atom. The van der Waals surface area contributed by atoms with E-state index in [1.54, 1.807) is 17.8 Å². The number of nitrogens with two attached hydrogens (primary N) is 2. The highest BCUT2D eigenvalue weighted by Crippen LogP contribution is 2.36. The van der Waals surface area contributed by atoms with Crippen molar-refractivity contribution in [3.05, 3.63) is 29.3 Å². The molecule has 0 bridgehead atoms. The maximum absolute atomic E-state index is 11.1. The lowest BCUT2D eigenvalue weighted by molar-refractivity contribution is 0.0997. The molecule has 0 unspecified atom stereocenters. The van der Waals surface area contributed by atoms with Gasteiger partial charge >= 0.3 is 0 Å². The molecule has 14 heavy (non-hydrogen) atoms. The zero-order chi connectivity index (χ0) is 10.1. The number of rotatable bonds is 1. The summed E-state index contributed by atoms with van der Waals surface area (Å²) >= 11 is 1.67. The van der Waals surface area contributed by atoms with Gasteiger partial charge in [0.05, 0.1) is 5.56 Å². The highest BCUT2D eigenvalue weighted by Gasteiger charge is 2.21. The number of fused-ring (bicyclic) bond motifs is 1. The van der Waals surface area contributed by atoms with Crippen LogP contribution in [0.4, 0.5) is 0 Å². The second kappa shape index (κ2) is 3.63. The van der Waals surface area contributed by atoms with Crippen LogP contribution in [0.5, 0.6) is 0 Å². The molecule has 1 aliphatic heterocycles. The Morgan fingerprint density at radius 3 is 3.00 bits per heavy atom. The minimum absolute atomic E-state index is 0.0468. The van der Waals surface area contributed by atoms with Crippen molar-refractivity contribution < 1.29 is 4.79 Å². The average Bonchev–Trinajstić information content (AvgIpc) is 2.17. The van der Waals surface area contributed by atoms with E-state index in [1.807, 2.05) is 12.1 Å². The summed E-state index contributed by atoms with van der Waals surface area (Å²) in [4.78, 5) is 12.1. The van der Waals surface area contributed by atoms with Crippen LogP contribution in [0.1, 0.15) is 28.4 Å². The zero-order valence-corrected chi connectivity index (χ0v) is 8.51. The molecular weight excluding hydrogens is 196 g/mol. The highest BCUT2D eigenvalue weighted by molar-refractivity contribution is 7.99. The lowest BCUT2D eigenvalue weighted by Crippen LogP contribution is -2.20. The van der Waals surface area contributed by atoms with Crippen LogP contribution in [-0.4, -0.2) is 11.7 Å². The quantitative estimate of drug-likeness (QED) is 0.730. The molecule has 1 heterocycles.